The Balaban J connectivity index is 1.44. The van der Waals surface area contributed by atoms with Crippen LogP contribution in [0, 0.1) is 0 Å². The van der Waals surface area contributed by atoms with Gasteiger partial charge in [-0.1, -0.05) is 36.9 Å². The first-order valence-corrected chi connectivity index (χ1v) is 11.5. The summed E-state index contributed by atoms with van der Waals surface area (Å²) in [6.45, 7) is 4.99. The van der Waals surface area contributed by atoms with Gasteiger partial charge in [-0.2, -0.15) is 4.31 Å². The highest BCUT2D eigenvalue weighted by Crippen LogP contribution is 2.26. The fourth-order valence-corrected chi connectivity index (χ4v) is 4.90. The molecule has 1 heterocycles. The molecule has 0 aromatic heterocycles. The van der Waals surface area contributed by atoms with Crippen LogP contribution in [0.3, 0.4) is 0 Å². The first-order chi connectivity index (χ1) is 15.1. The van der Waals surface area contributed by atoms with Gasteiger partial charge in [-0.05, 0) is 71.6 Å². The molecule has 4 rings (SSSR count). The van der Waals surface area contributed by atoms with Gasteiger partial charge in [-0.15, -0.1) is 0 Å². The first kappa shape index (κ1) is 21.0. The lowest BCUT2D eigenvalue weighted by Crippen LogP contribution is -2.35. The SMILES string of the molecule is C=CCOc1ccc(C=Nc2ccc(S(=O)(=O)N3CCc4ccccc4C3)cc2)cc1. The third-order valence-electron chi connectivity index (χ3n) is 5.18. The molecule has 0 aliphatic carbocycles. The van der Waals surface area contributed by atoms with Gasteiger partial charge < -0.3 is 4.74 Å². The summed E-state index contributed by atoms with van der Waals surface area (Å²) in [5.74, 6) is 0.770. The highest BCUT2D eigenvalue weighted by molar-refractivity contribution is 7.89. The van der Waals surface area contributed by atoms with Crippen LogP contribution in [0.25, 0.3) is 0 Å². The van der Waals surface area contributed by atoms with E-state index < -0.39 is 10.0 Å². The Labute approximate surface area is 183 Å². The predicted molar refractivity (Wildman–Crippen MR) is 124 cm³/mol. The number of hydrogen-bond acceptors (Lipinski definition) is 4. The van der Waals surface area contributed by atoms with Crippen LogP contribution >= 0.6 is 0 Å². The standard InChI is InChI=1S/C25H24N2O3S/c1-2-17-30-24-11-7-20(8-12-24)18-26-23-9-13-25(14-10-23)31(28,29)27-16-15-21-5-3-4-6-22(21)19-27/h2-14,18H,1,15-17,19H2. The summed E-state index contributed by atoms with van der Waals surface area (Å²) >= 11 is 0. The van der Waals surface area contributed by atoms with Crippen LogP contribution < -0.4 is 4.74 Å². The van der Waals surface area contributed by atoms with E-state index in [1.165, 1.54) is 5.56 Å². The summed E-state index contributed by atoms with van der Waals surface area (Å²) in [4.78, 5) is 4.73. The quantitative estimate of drug-likeness (QED) is 0.400. The van der Waals surface area contributed by atoms with Crippen molar-refractivity contribution in [2.45, 2.75) is 17.9 Å². The molecule has 0 amide bonds. The molecule has 0 saturated heterocycles. The van der Waals surface area contributed by atoms with E-state index in [0.717, 1.165) is 23.3 Å². The molecule has 0 unspecified atom stereocenters. The predicted octanol–water partition coefficient (Wildman–Crippen LogP) is 4.75. The van der Waals surface area contributed by atoms with Gasteiger partial charge >= 0.3 is 0 Å². The Morgan fingerprint density at radius 1 is 0.968 bits per heavy atom. The van der Waals surface area contributed by atoms with Crippen molar-refractivity contribution in [1.29, 1.82) is 0 Å². The molecule has 0 radical (unpaired) electrons. The highest BCUT2D eigenvalue weighted by Gasteiger charge is 2.28. The second-order valence-corrected chi connectivity index (χ2v) is 9.22. The summed E-state index contributed by atoms with van der Waals surface area (Å²) in [5, 5.41) is 0. The van der Waals surface area contributed by atoms with Crippen LogP contribution in [0.2, 0.25) is 0 Å². The first-order valence-electron chi connectivity index (χ1n) is 10.1. The second-order valence-electron chi connectivity index (χ2n) is 7.28. The van der Waals surface area contributed by atoms with Crippen molar-refractivity contribution < 1.29 is 13.2 Å². The highest BCUT2D eigenvalue weighted by atomic mass is 32.2. The normalized spacial score (nSPS) is 14.3. The molecule has 158 valence electrons. The zero-order chi connectivity index (χ0) is 21.7. The van der Waals surface area contributed by atoms with Gasteiger partial charge in [0, 0.05) is 19.3 Å². The van der Waals surface area contributed by atoms with Crippen molar-refractivity contribution >= 4 is 21.9 Å². The van der Waals surface area contributed by atoms with Gasteiger partial charge in [-0.3, -0.25) is 4.99 Å². The van der Waals surface area contributed by atoms with Crippen LogP contribution in [-0.4, -0.2) is 32.1 Å². The number of aliphatic imine (C=N–C) groups is 1. The molecule has 3 aromatic carbocycles. The number of hydrogen-bond donors (Lipinski definition) is 0. The Morgan fingerprint density at radius 2 is 1.68 bits per heavy atom. The number of rotatable bonds is 7. The number of sulfonamides is 1. The van der Waals surface area contributed by atoms with Crippen LogP contribution in [0.5, 0.6) is 5.75 Å². The molecule has 0 fully saturated rings. The van der Waals surface area contributed by atoms with Gasteiger partial charge in [0.15, 0.2) is 0 Å². The molecule has 6 heteroatoms. The molecule has 5 nitrogen and oxygen atoms in total. The van der Waals surface area contributed by atoms with Crippen LogP contribution in [0.4, 0.5) is 5.69 Å². The lowest BCUT2D eigenvalue weighted by Gasteiger charge is -2.28. The molecule has 31 heavy (non-hydrogen) atoms. The van der Waals surface area contributed by atoms with Crippen LogP contribution in [0.1, 0.15) is 16.7 Å². The average Bonchev–Trinajstić information content (AvgIpc) is 2.82. The topological polar surface area (TPSA) is 59.0 Å². The Morgan fingerprint density at radius 3 is 2.39 bits per heavy atom. The van der Waals surface area contributed by atoms with E-state index in [9.17, 15) is 8.42 Å². The largest absolute Gasteiger partial charge is 0.490 e. The number of fused-ring (bicyclic) bond motifs is 1. The molecule has 0 N–H and O–H groups in total. The smallest absolute Gasteiger partial charge is 0.243 e. The minimum atomic E-state index is -3.54. The van der Waals surface area contributed by atoms with Crippen molar-refractivity contribution in [1.82, 2.24) is 4.31 Å². The van der Waals surface area contributed by atoms with E-state index in [4.69, 9.17) is 4.74 Å². The van der Waals surface area contributed by atoms with Crippen LogP contribution in [0.15, 0.2) is 95.3 Å². The number of benzene rings is 3. The lowest BCUT2D eigenvalue weighted by molar-refractivity contribution is 0.363. The van der Waals surface area contributed by atoms with E-state index in [1.54, 1.807) is 40.9 Å². The molecule has 0 bridgehead atoms. The van der Waals surface area contributed by atoms with Gasteiger partial charge in [0.2, 0.25) is 10.0 Å². The monoisotopic (exact) mass is 432 g/mol. The Kier molecular flexibility index (Phi) is 6.30. The van der Waals surface area contributed by atoms with E-state index in [2.05, 4.69) is 17.6 Å². The Hall–Kier alpha value is -3.22. The summed E-state index contributed by atoms with van der Waals surface area (Å²) in [7, 11) is -3.54. The van der Waals surface area contributed by atoms with Crippen molar-refractivity contribution in [3.05, 3.63) is 102 Å². The zero-order valence-corrected chi connectivity index (χ0v) is 18.0. The van der Waals surface area contributed by atoms with E-state index in [1.807, 2.05) is 42.5 Å². The van der Waals surface area contributed by atoms with Crippen LogP contribution in [-0.2, 0) is 23.0 Å². The molecular weight excluding hydrogens is 408 g/mol. The fourth-order valence-electron chi connectivity index (χ4n) is 3.48. The third-order valence-corrected chi connectivity index (χ3v) is 7.04. The maximum Gasteiger partial charge on any atom is 0.243 e. The number of nitrogens with zero attached hydrogens (tertiary/aromatic N) is 2. The van der Waals surface area contributed by atoms with Crippen molar-refractivity contribution in [2.24, 2.45) is 4.99 Å². The van der Waals surface area contributed by atoms with Crippen molar-refractivity contribution in [2.75, 3.05) is 13.2 Å². The molecular formula is C25H24N2O3S. The van der Waals surface area contributed by atoms with E-state index in [-0.39, 0.29) is 4.90 Å². The zero-order valence-electron chi connectivity index (χ0n) is 17.1. The molecule has 0 atom stereocenters. The molecule has 1 aliphatic heterocycles. The van der Waals surface area contributed by atoms with E-state index in [0.29, 0.717) is 25.4 Å². The molecule has 0 spiro atoms. The van der Waals surface area contributed by atoms with Gasteiger partial charge in [0.1, 0.15) is 12.4 Å². The van der Waals surface area contributed by atoms with E-state index >= 15 is 0 Å². The summed E-state index contributed by atoms with van der Waals surface area (Å²) in [5.41, 5.74) is 3.91. The van der Waals surface area contributed by atoms with Gasteiger partial charge in [0.05, 0.1) is 10.6 Å². The lowest BCUT2D eigenvalue weighted by atomic mass is 10.0. The third kappa shape index (κ3) is 4.93. The average molecular weight is 433 g/mol. The molecule has 3 aromatic rings. The molecule has 1 aliphatic rings. The Bertz CT molecular complexity index is 1180. The van der Waals surface area contributed by atoms with Gasteiger partial charge in [0.25, 0.3) is 0 Å². The van der Waals surface area contributed by atoms with Crippen molar-refractivity contribution in [3.8, 4) is 5.75 Å². The number of ether oxygens (including phenoxy) is 1. The van der Waals surface area contributed by atoms with Crippen molar-refractivity contribution in [3.63, 3.8) is 0 Å². The fraction of sp³-hybridized carbons (Fsp3) is 0.160. The summed E-state index contributed by atoms with van der Waals surface area (Å²) < 4.78 is 33.1. The molecule has 0 saturated carbocycles. The second kappa shape index (κ2) is 9.29. The maximum absolute atomic E-state index is 13.1. The van der Waals surface area contributed by atoms with Gasteiger partial charge in [-0.25, -0.2) is 8.42 Å². The summed E-state index contributed by atoms with van der Waals surface area (Å²) in [6.07, 6.45) is 4.17. The minimum absolute atomic E-state index is 0.287. The summed E-state index contributed by atoms with van der Waals surface area (Å²) in [6, 6.07) is 22.3. The maximum atomic E-state index is 13.1. The minimum Gasteiger partial charge on any atom is -0.490 e.